The number of piperazine rings is 1. The molecule has 0 bridgehead atoms. The number of benzene rings is 3. The molecule has 1 amide bonds. The fraction of sp³-hybridized carbons (Fsp3) is 0.231. The molecule has 1 saturated heterocycles. The summed E-state index contributed by atoms with van der Waals surface area (Å²) in [6.07, 6.45) is 0. The van der Waals surface area contributed by atoms with Crippen LogP contribution in [0.3, 0.4) is 0 Å². The predicted molar refractivity (Wildman–Crippen MR) is 150 cm³/mol. The minimum absolute atomic E-state index is 0.116. The molecule has 0 aliphatic carbocycles. The van der Waals surface area contributed by atoms with Crippen LogP contribution in [0.15, 0.2) is 71.6 Å². The van der Waals surface area contributed by atoms with E-state index in [-0.39, 0.29) is 15.9 Å². The molecule has 1 fully saturated rings. The maximum atomic E-state index is 13.1. The zero-order chi connectivity index (χ0) is 26.6. The number of thiocarbonyl (C=S) groups is 1. The van der Waals surface area contributed by atoms with E-state index < -0.39 is 10.0 Å². The standard InChI is InChI=1S/C26H27ClN4O4S2/c1-18-6-12-21(13-7-18)37(33,34)31-16-14-30(15-17-31)24-22(27)4-3-5-23(24)28-26(36)29-25(32)19-8-10-20(35-2)11-9-19/h3-13H,14-17H2,1-2H3,(H2,28,29,32,36). The summed E-state index contributed by atoms with van der Waals surface area (Å²) in [5, 5.41) is 6.34. The Morgan fingerprint density at radius 2 is 1.62 bits per heavy atom. The van der Waals surface area contributed by atoms with Gasteiger partial charge in [0.05, 0.1) is 28.4 Å². The average molecular weight is 559 g/mol. The SMILES string of the molecule is COc1ccc(C(=O)NC(=S)Nc2cccc(Cl)c2N2CCN(S(=O)(=O)c3ccc(C)cc3)CC2)cc1. The number of para-hydroxylation sites is 1. The number of methoxy groups -OCH3 is 1. The summed E-state index contributed by atoms with van der Waals surface area (Å²) in [5.74, 6) is 0.284. The molecule has 3 aromatic carbocycles. The molecule has 194 valence electrons. The van der Waals surface area contributed by atoms with Crippen molar-refractivity contribution in [3.8, 4) is 5.75 Å². The van der Waals surface area contributed by atoms with E-state index in [1.165, 1.54) is 4.31 Å². The maximum Gasteiger partial charge on any atom is 0.257 e. The highest BCUT2D eigenvalue weighted by atomic mass is 35.5. The molecule has 0 atom stereocenters. The molecule has 0 radical (unpaired) electrons. The number of amides is 1. The number of rotatable bonds is 6. The van der Waals surface area contributed by atoms with Crippen molar-refractivity contribution in [3.63, 3.8) is 0 Å². The lowest BCUT2D eigenvalue weighted by molar-refractivity contribution is 0.0977. The molecular weight excluding hydrogens is 532 g/mol. The van der Waals surface area contributed by atoms with Gasteiger partial charge in [0.2, 0.25) is 10.0 Å². The summed E-state index contributed by atoms with van der Waals surface area (Å²) in [4.78, 5) is 14.9. The third kappa shape index (κ3) is 6.22. The van der Waals surface area contributed by atoms with Gasteiger partial charge in [-0.05, 0) is 67.7 Å². The van der Waals surface area contributed by atoms with Crippen LogP contribution in [-0.2, 0) is 10.0 Å². The number of sulfonamides is 1. The van der Waals surface area contributed by atoms with E-state index in [1.807, 2.05) is 17.9 Å². The zero-order valence-electron chi connectivity index (χ0n) is 20.4. The predicted octanol–water partition coefficient (Wildman–Crippen LogP) is 4.29. The Labute approximate surface area is 227 Å². The molecule has 0 aromatic heterocycles. The van der Waals surface area contributed by atoms with Crippen molar-refractivity contribution in [1.82, 2.24) is 9.62 Å². The third-order valence-electron chi connectivity index (χ3n) is 6.03. The Morgan fingerprint density at radius 1 is 0.973 bits per heavy atom. The molecule has 1 aliphatic rings. The number of nitrogens with one attached hydrogen (secondary N) is 2. The van der Waals surface area contributed by atoms with E-state index in [4.69, 9.17) is 28.6 Å². The van der Waals surface area contributed by atoms with Crippen LogP contribution in [0.25, 0.3) is 0 Å². The molecule has 3 aromatic rings. The second-order valence-electron chi connectivity index (χ2n) is 8.48. The minimum atomic E-state index is -3.59. The lowest BCUT2D eigenvalue weighted by atomic mass is 10.2. The van der Waals surface area contributed by atoms with Gasteiger partial charge in [-0.1, -0.05) is 35.4 Å². The molecule has 0 spiro atoms. The fourth-order valence-corrected chi connectivity index (χ4v) is 5.94. The highest BCUT2D eigenvalue weighted by Crippen LogP contribution is 2.35. The van der Waals surface area contributed by atoms with Crippen molar-refractivity contribution in [1.29, 1.82) is 0 Å². The number of hydrogen-bond acceptors (Lipinski definition) is 6. The largest absolute Gasteiger partial charge is 0.497 e. The van der Waals surface area contributed by atoms with Gasteiger partial charge in [-0.25, -0.2) is 8.42 Å². The van der Waals surface area contributed by atoms with Crippen molar-refractivity contribution in [2.45, 2.75) is 11.8 Å². The van der Waals surface area contributed by atoms with Gasteiger partial charge in [0, 0.05) is 31.7 Å². The molecule has 1 heterocycles. The van der Waals surface area contributed by atoms with Crippen molar-refractivity contribution in [2.24, 2.45) is 0 Å². The van der Waals surface area contributed by atoms with E-state index in [0.717, 1.165) is 5.56 Å². The zero-order valence-corrected chi connectivity index (χ0v) is 22.8. The van der Waals surface area contributed by atoms with Crippen LogP contribution in [0.1, 0.15) is 15.9 Å². The van der Waals surface area contributed by atoms with Gasteiger partial charge < -0.3 is 15.0 Å². The first kappa shape index (κ1) is 26.9. The Kier molecular flexibility index (Phi) is 8.33. The molecule has 0 saturated carbocycles. The lowest BCUT2D eigenvalue weighted by Gasteiger charge is -2.36. The molecule has 11 heteroatoms. The highest BCUT2D eigenvalue weighted by Gasteiger charge is 2.30. The fourth-order valence-electron chi connectivity index (χ4n) is 4.02. The number of carbonyl (C=O) groups is 1. The molecule has 8 nitrogen and oxygen atoms in total. The van der Waals surface area contributed by atoms with E-state index in [1.54, 1.807) is 67.8 Å². The quantitative estimate of drug-likeness (QED) is 0.436. The van der Waals surface area contributed by atoms with Gasteiger partial charge in [0.15, 0.2) is 5.11 Å². The van der Waals surface area contributed by atoms with Crippen LogP contribution in [-0.4, -0.2) is 57.0 Å². The van der Waals surface area contributed by atoms with Crippen molar-refractivity contribution >= 4 is 56.2 Å². The number of halogens is 1. The van der Waals surface area contributed by atoms with Gasteiger partial charge in [-0.15, -0.1) is 0 Å². The van der Waals surface area contributed by atoms with Crippen LogP contribution >= 0.6 is 23.8 Å². The summed E-state index contributed by atoms with van der Waals surface area (Å²) in [5.41, 5.74) is 2.74. The van der Waals surface area contributed by atoms with Crippen LogP contribution in [0.5, 0.6) is 5.75 Å². The van der Waals surface area contributed by atoms with Gasteiger partial charge >= 0.3 is 0 Å². The second-order valence-corrected chi connectivity index (χ2v) is 11.2. The summed E-state index contributed by atoms with van der Waals surface area (Å²) in [6, 6.07) is 18.9. The summed E-state index contributed by atoms with van der Waals surface area (Å²) >= 11 is 11.9. The Balaban J connectivity index is 1.43. The van der Waals surface area contributed by atoms with Crippen LogP contribution in [0.2, 0.25) is 5.02 Å². The average Bonchev–Trinajstić information content (AvgIpc) is 2.89. The number of carbonyl (C=O) groups excluding carboxylic acids is 1. The topological polar surface area (TPSA) is 91.0 Å². The maximum absolute atomic E-state index is 13.1. The van der Waals surface area contributed by atoms with Crippen molar-refractivity contribution in [3.05, 3.63) is 82.9 Å². The second kappa shape index (κ2) is 11.5. The van der Waals surface area contributed by atoms with Gasteiger partial charge in [-0.3, -0.25) is 10.1 Å². The van der Waals surface area contributed by atoms with Crippen LogP contribution < -0.4 is 20.3 Å². The first-order valence-corrected chi connectivity index (χ1v) is 13.8. The van der Waals surface area contributed by atoms with Crippen LogP contribution in [0, 0.1) is 6.92 Å². The molecule has 0 unspecified atom stereocenters. The Morgan fingerprint density at radius 3 is 2.24 bits per heavy atom. The van der Waals surface area contributed by atoms with Crippen molar-refractivity contribution < 1.29 is 17.9 Å². The first-order chi connectivity index (χ1) is 17.7. The van der Waals surface area contributed by atoms with E-state index in [2.05, 4.69) is 10.6 Å². The number of anilines is 2. The molecule has 37 heavy (non-hydrogen) atoms. The molecule has 4 rings (SSSR count). The normalized spacial score (nSPS) is 14.2. The number of ether oxygens (including phenoxy) is 1. The minimum Gasteiger partial charge on any atom is -0.497 e. The van der Waals surface area contributed by atoms with Gasteiger partial charge in [0.25, 0.3) is 5.91 Å². The van der Waals surface area contributed by atoms with E-state index in [9.17, 15) is 13.2 Å². The molecule has 1 aliphatic heterocycles. The highest BCUT2D eigenvalue weighted by molar-refractivity contribution is 7.89. The summed E-state index contributed by atoms with van der Waals surface area (Å²) in [7, 11) is -2.03. The Bertz CT molecular complexity index is 1390. The molecular formula is C26H27ClN4O4S2. The van der Waals surface area contributed by atoms with E-state index in [0.29, 0.717) is 53.9 Å². The number of nitrogens with zero attached hydrogens (tertiary/aromatic N) is 2. The van der Waals surface area contributed by atoms with Gasteiger partial charge in [0.1, 0.15) is 5.75 Å². The first-order valence-electron chi connectivity index (χ1n) is 11.6. The number of aryl methyl sites for hydroxylation is 1. The van der Waals surface area contributed by atoms with E-state index >= 15 is 0 Å². The van der Waals surface area contributed by atoms with Crippen molar-refractivity contribution in [2.75, 3.05) is 43.5 Å². The number of hydrogen-bond donors (Lipinski definition) is 2. The summed E-state index contributed by atoms with van der Waals surface area (Å²) in [6.45, 7) is 3.41. The molecule has 2 N–H and O–H groups in total. The third-order valence-corrected chi connectivity index (χ3v) is 8.45. The Hall–Kier alpha value is -3.18. The summed E-state index contributed by atoms with van der Waals surface area (Å²) < 4.78 is 32.8. The van der Waals surface area contributed by atoms with Gasteiger partial charge in [-0.2, -0.15) is 4.31 Å². The van der Waals surface area contributed by atoms with Crippen LogP contribution in [0.4, 0.5) is 11.4 Å². The lowest BCUT2D eigenvalue weighted by Crippen LogP contribution is -2.49. The monoisotopic (exact) mass is 558 g/mol. The smallest absolute Gasteiger partial charge is 0.257 e.